The first-order valence-corrected chi connectivity index (χ1v) is 10.5. The minimum atomic E-state index is 0.388. The van der Waals surface area contributed by atoms with Crippen molar-refractivity contribution in [3.8, 4) is 12.5 Å². The summed E-state index contributed by atoms with van der Waals surface area (Å²) in [5.41, 5.74) is 0. The van der Waals surface area contributed by atoms with Gasteiger partial charge in [-0.05, 0) is 12.8 Å². The Bertz CT molecular complexity index is 270. The first-order valence-electron chi connectivity index (χ1n) is 10.5. The van der Waals surface area contributed by atoms with Gasteiger partial charge in [0.15, 0.2) is 0 Å². The zero-order chi connectivity index (χ0) is 17.7. The van der Waals surface area contributed by atoms with Gasteiger partial charge in [-0.3, -0.25) is 0 Å². The lowest BCUT2D eigenvalue weighted by Crippen LogP contribution is -2.15. The largest absolute Gasteiger partial charge is 0.444 e. The molecule has 0 heterocycles. The number of terminal acetylenes is 1. The molecule has 0 aromatic carbocycles. The van der Waals surface area contributed by atoms with Crippen molar-refractivity contribution in [1.29, 1.82) is 0 Å². The standard InChI is InChI=1S/C22H42O2/c1-4-7-8-9-10-11-12-13-14-15-16-17-19-22(18-5-2)24-21-20-23-6-3/h3,22H,4-5,7-21H2,1-2H3. The van der Waals surface area contributed by atoms with Gasteiger partial charge in [0.05, 0.1) is 12.7 Å². The average molecular weight is 339 g/mol. The van der Waals surface area contributed by atoms with E-state index in [1.54, 1.807) is 0 Å². The molecule has 0 rings (SSSR count). The SMILES string of the molecule is C#COCCOC(CCC)CCCCCCCCCCCCCC. The third-order valence-corrected chi connectivity index (χ3v) is 4.61. The zero-order valence-corrected chi connectivity index (χ0v) is 16.5. The van der Waals surface area contributed by atoms with Crippen LogP contribution in [0.1, 0.15) is 110 Å². The van der Waals surface area contributed by atoms with Crippen molar-refractivity contribution in [2.24, 2.45) is 0 Å². The highest BCUT2D eigenvalue weighted by Crippen LogP contribution is 2.15. The van der Waals surface area contributed by atoms with Crippen molar-refractivity contribution < 1.29 is 9.47 Å². The van der Waals surface area contributed by atoms with Crippen molar-refractivity contribution >= 4 is 0 Å². The minimum absolute atomic E-state index is 0.388. The van der Waals surface area contributed by atoms with Crippen LogP contribution in [-0.4, -0.2) is 19.3 Å². The highest BCUT2D eigenvalue weighted by atomic mass is 16.5. The summed E-state index contributed by atoms with van der Waals surface area (Å²) in [5, 5.41) is 0. The van der Waals surface area contributed by atoms with Crippen molar-refractivity contribution in [3.63, 3.8) is 0 Å². The van der Waals surface area contributed by atoms with Crippen molar-refractivity contribution in [3.05, 3.63) is 0 Å². The molecule has 24 heavy (non-hydrogen) atoms. The quantitative estimate of drug-likeness (QED) is 0.189. The van der Waals surface area contributed by atoms with Crippen LogP contribution in [0.4, 0.5) is 0 Å². The van der Waals surface area contributed by atoms with E-state index in [9.17, 15) is 0 Å². The van der Waals surface area contributed by atoms with Crippen LogP contribution in [0.15, 0.2) is 0 Å². The average Bonchev–Trinajstić information content (AvgIpc) is 2.59. The number of hydrogen-bond acceptors (Lipinski definition) is 2. The highest BCUT2D eigenvalue weighted by molar-refractivity contribution is 4.68. The van der Waals surface area contributed by atoms with Crippen LogP contribution in [0, 0.1) is 12.5 Å². The predicted molar refractivity (Wildman–Crippen MR) is 105 cm³/mol. The fourth-order valence-corrected chi connectivity index (χ4v) is 3.16. The van der Waals surface area contributed by atoms with Gasteiger partial charge < -0.3 is 9.47 Å². The van der Waals surface area contributed by atoms with Gasteiger partial charge in [0, 0.05) is 0 Å². The van der Waals surface area contributed by atoms with Gasteiger partial charge in [0.1, 0.15) is 12.7 Å². The summed E-state index contributed by atoms with van der Waals surface area (Å²) in [6.07, 6.45) is 28.0. The van der Waals surface area contributed by atoms with Crippen LogP contribution < -0.4 is 0 Å². The third-order valence-electron chi connectivity index (χ3n) is 4.61. The Hall–Kier alpha value is -0.680. The number of hydrogen-bond donors (Lipinski definition) is 0. The molecule has 0 saturated heterocycles. The lowest BCUT2D eigenvalue weighted by molar-refractivity contribution is 0.0175. The third kappa shape index (κ3) is 17.7. The summed E-state index contributed by atoms with van der Waals surface area (Å²) in [7, 11) is 0. The Balaban J connectivity index is 3.34. The normalized spacial score (nSPS) is 12.0. The van der Waals surface area contributed by atoms with Crippen molar-refractivity contribution in [2.45, 2.75) is 116 Å². The fraction of sp³-hybridized carbons (Fsp3) is 0.909. The molecule has 2 nitrogen and oxygen atoms in total. The Morgan fingerprint density at radius 3 is 1.71 bits per heavy atom. The molecule has 2 heteroatoms. The summed E-state index contributed by atoms with van der Waals surface area (Å²) < 4.78 is 10.7. The Morgan fingerprint density at radius 2 is 1.21 bits per heavy atom. The fourth-order valence-electron chi connectivity index (χ4n) is 3.16. The molecule has 1 unspecified atom stereocenters. The van der Waals surface area contributed by atoms with Crippen LogP contribution in [0.2, 0.25) is 0 Å². The molecule has 0 amide bonds. The molecule has 0 radical (unpaired) electrons. The van der Waals surface area contributed by atoms with Gasteiger partial charge in [-0.25, -0.2) is 0 Å². The van der Waals surface area contributed by atoms with E-state index < -0.39 is 0 Å². The van der Waals surface area contributed by atoms with E-state index in [-0.39, 0.29) is 0 Å². The van der Waals surface area contributed by atoms with Crippen LogP contribution in [-0.2, 0) is 9.47 Å². The second kappa shape index (κ2) is 20.4. The molecule has 0 spiro atoms. The number of unbranched alkanes of at least 4 members (excludes halogenated alkanes) is 11. The second-order valence-electron chi connectivity index (χ2n) is 6.93. The van der Waals surface area contributed by atoms with E-state index in [4.69, 9.17) is 15.9 Å². The molecular weight excluding hydrogens is 296 g/mol. The van der Waals surface area contributed by atoms with Crippen LogP contribution in [0.5, 0.6) is 0 Å². The Kier molecular flexibility index (Phi) is 19.8. The lowest BCUT2D eigenvalue weighted by Gasteiger charge is -2.16. The van der Waals surface area contributed by atoms with Gasteiger partial charge in [0.25, 0.3) is 0 Å². The smallest absolute Gasteiger partial charge is 0.123 e. The number of rotatable bonds is 19. The monoisotopic (exact) mass is 338 g/mol. The molecule has 0 aromatic heterocycles. The molecular formula is C22H42O2. The molecule has 142 valence electrons. The van der Waals surface area contributed by atoms with E-state index in [0.29, 0.717) is 19.3 Å². The van der Waals surface area contributed by atoms with Crippen molar-refractivity contribution in [2.75, 3.05) is 13.2 Å². The first kappa shape index (κ1) is 23.3. The first-order chi connectivity index (χ1) is 11.8. The van der Waals surface area contributed by atoms with E-state index in [2.05, 4.69) is 20.0 Å². The summed E-state index contributed by atoms with van der Waals surface area (Å²) >= 11 is 0. The molecule has 0 N–H and O–H groups in total. The summed E-state index contributed by atoms with van der Waals surface area (Å²) in [5.74, 6) is 0. The molecule has 0 bridgehead atoms. The summed E-state index contributed by atoms with van der Waals surface area (Å²) in [6.45, 7) is 5.63. The maximum atomic E-state index is 5.86. The molecule has 0 saturated carbocycles. The molecule has 1 atom stereocenters. The van der Waals surface area contributed by atoms with E-state index in [0.717, 1.165) is 6.42 Å². The van der Waals surface area contributed by atoms with Gasteiger partial charge in [0.2, 0.25) is 0 Å². The van der Waals surface area contributed by atoms with Gasteiger partial charge in [-0.2, -0.15) is 0 Å². The molecule has 0 aliphatic carbocycles. The summed E-state index contributed by atoms with van der Waals surface area (Å²) in [6, 6.07) is 0. The molecule has 0 aromatic rings. The molecule has 0 aliphatic heterocycles. The maximum Gasteiger partial charge on any atom is 0.123 e. The van der Waals surface area contributed by atoms with Gasteiger partial charge in [-0.15, -0.1) is 0 Å². The van der Waals surface area contributed by atoms with Crippen LogP contribution in [0.25, 0.3) is 0 Å². The van der Waals surface area contributed by atoms with E-state index >= 15 is 0 Å². The Morgan fingerprint density at radius 1 is 0.667 bits per heavy atom. The topological polar surface area (TPSA) is 18.5 Å². The predicted octanol–water partition coefficient (Wildman–Crippen LogP) is 6.87. The van der Waals surface area contributed by atoms with E-state index in [1.165, 1.54) is 89.9 Å². The lowest BCUT2D eigenvalue weighted by atomic mass is 10.0. The van der Waals surface area contributed by atoms with Crippen LogP contribution in [0.3, 0.4) is 0 Å². The number of ether oxygens (including phenoxy) is 2. The summed E-state index contributed by atoms with van der Waals surface area (Å²) in [4.78, 5) is 0. The molecule has 0 fully saturated rings. The maximum absolute atomic E-state index is 5.86. The highest BCUT2D eigenvalue weighted by Gasteiger charge is 2.07. The van der Waals surface area contributed by atoms with Gasteiger partial charge in [-0.1, -0.05) is 104 Å². The zero-order valence-electron chi connectivity index (χ0n) is 16.5. The van der Waals surface area contributed by atoms with Gasteiger partial charge >= 0.3 is 0 Å². The van der Waals surface area contributed by atoms with Crippen molar-refractivity contribution in [1.82, 2.24) is 0 Å². The Labute approximate surface area is 152 Å². The molecule has 0 aliphatic rings. The minimum Gasteiger partial charge on any atom is -0.444 e. The van der Waals surface area contributed by atoms with E-state index in [1.807, 2.05) is 0 Å². The second-order valence-corrected chi connectivity index (χ2v) is 6.93. The van der Waals surface area contributed by atoms with Crippen LogP contribution >= 0.6 is 0 Å².